The van der Waals surface area contributed by atoms with Gasteiger partial charge in [0.1, 0.15) is 17.5 Å². The van der Waals surface area contributed by atoms with E-state index in [1.807, 2.05) is 24.3 Å². The van der Waals surface area contributed by atoms with Crippen molar-refractivity contribution in [3.8, 4) is 11.5 Å². The van der Waals surface area contributed by atoms with Crippen molar-refractivity contribution in [2.45, 2.75) is 13.0 Å². The monoisotopic (exact) mass is 419 g/mol. The number of nitrogens with one attached hydrogen (secondary N) is 3. The number of carbonyl (C=O) groups is 2. The minimum Gasteiger partial charge on any atom is -0.495 e. The van der Waals surface area contributed by atoms with Gasteiger partial charge >= 0.3 is 0 Å². The third kappa shape index (κ3) is 5.54. The van der Waals surface area contributed by atoms with Crippen molar-refractivity contribution in [1.29, 1.82) is 0 Å². The zero-order valence-corrected chi connectivity index (χ0v) is 17.6. The highest BCUT2D eigenvalue weighted by atomic mass is 16.5. The average molecular weight is 419 g/mol. The van der Waals surface area contributed by atoms with Gasteiger partial charge in [-0.05, 0) is 55.5 Å². The van der Waals surface area contributed by atoms with Crippen LogP contribution in [0.2, 0.25) is 0 Å². The predicted octanol–water partition coefficient (Wildman–Crippen LogP) is 4.40. The highest BCUT2D eigenvalue weighted by Gasteiger charge is 2.15. The highest BCUT2D eigenvalue weighted by molar-refractivity contribution is 6.05. The van der Waals surface area contributed by atoms with Crippen LogP contribution in [0.3, 0.4) is 0 Å². The van der Waals surface area contributed by atoms with Crippen LogP contribution in [0.15, 0.2) is 72.8 Å². The molecule has 7 nitrogen and oxygen atoms in total. The molecule has 0 aliphatic heterocycles. The third-order valence-electron chi connectivity index (χ3n) is 4.64. The van der Waals surface area contributed by atoms with Gasteiger partial charge in [-0.15, -0.1) is 0 Å². The second-order valence-electron chi connectivity index (χ2n) is 6.79. The van der Waals surface area contributed by atoms with Gasteiger partial charge in [0, 0.05) is 11.3 Å². The van der Waals surface area contributed by atoms with Crippen LogP contribution >= 0.6 is 0 Å². The number of carbonyl (C=O) groups excluding carboxylic acids is 2. The van der Waals surface area contributed by atoms with Crippen LogP contribution in [0.5, 0.6) is 11.5 Å². The van der Waals surface area contributed by atoms with Crippen molar-refractivity contribution in [1.82, 2.24) is 0 Å². The first-order chi connectivity index (χ1) is 15.0. The quantitative estimate of drug-likeness (QED) is 0.504. The summed E-state index contributed by atoms with van der Waals surface area (Å²) in [5, 5.41) is 8.81. The lowest BCUT2D eigenvalue weighted by molar-refractivity contribution is -0.116. The fraction of sp³-hybridized carbons (Fsp3) is 0.167. The summed E-state index contributed by atoms with van der Waals surface area (Å²) in [7, 11) is 3.11. The molecule has 3 aromatic rings. The summed E-state index contributed by atoms with van der Waals surface area (Å²) in [5.41, 5.74) is 2.41. The molecule has 31 heavy (non-hydrogen) atoms. The van der Waals surface area contributed by atoms with E-state index in [-0.39, 0.29) is 11.8 Å². The molecule has 2 amide bonds. The maximum atomic E-state index is 12.5. The van der Waals surface area contributed by atoms with Crippen LogP contribution in [0.4, 0.5) is 17.1 Å². The van der Waals surface area contributed by atoms with Crippen LogP contribution < -0.4 is 25.4 Å². The lowest BCUT2D eigenvalue weighted by Crippen LogP contribution is -2.32. The minimum atomic E-state index is -0.502. The lowest BCUT2D eigenvalue weighted by atomic mass is 10.1. The predicted molar refractivity (Wildman–Crippen MR) is 122 cm³/mol. The van der Waals surface area contributed by atoms with E-state index in [4.69, 9.17) is 9.47 Å². The summed E-state index contributed by atoms with van der Waals surface area (Å²) >= 11 is 0. The van der Waals surface area contributed by atoms with Crippen LogP contribution in [-0.4, -0.2) is 32.1 Å². The highest BCUT2D eigenvalue weighted by Crippen LogP contribution is 2.25. The van der Waals surface area contributed by atoms with Gasteiger partial charge in [-0.2, -0.15) is 0 Å². The number of ether oxygens (including phenoxy) is 2. The number of para-hydroxylation sites is 4. The maximum Gasteiger partial charge on any atom is 0.255 e. The number of rotatable bonds is 8. The molecule has 0 unspecified atom stereocenters. The molecule has 0 radical (unpaired) electrons. The zero-order chi connectivity index (χ0) is 22.2. The topological polar surface area (TPSA) is 88.7 Å². The van der Waals surface area contributed by atoms with Crippen LogP contribution in [-0.2, 0) is 4.79 Å². The molecule has 3 rings (SSSR count). The molecule has 0 fully saturated rings. The Morgan fingerprint density at radius 2 is 1.26 bits per heavy atom. The Hall–Kier alpha value is -4.00. The van der Waals surface area contributed by atoms with E-state index >= 15 is 0 Å². The molecule has 3 N–H and O–H groups in total. The second-order valence-corrected chi connectivity index (χ2v) is 6.79. The second kappa shape index (κ2) is 10.2. The first-order valence-corrected chi connectivity index (χ1v) is 9.76. The minimum absolute atomic E-state index is 0.206. The average Bonchev–Trinajstić information content (AvgIpc) is 2.80. The molecule has 0 spiro atoms. The summed E-state index contributed by atoms with van der Waals surface area (Å²) in [5.74, 6) is 0.720. The normalized spacial score (nSPS) is 11.2. The van der Waals surface area contributed by atoms with Crippen molar-refractivity contribution >= 4 is 28.9 Å². The molecule has 7 heteroatoms. The molecule has 0 aliphatic rings. The number of methoxy groups -OCH3 is 2. The maximum absolute atomic E-state index is 12.5. The summed E-state index contributed by atoms with van der Waals surface area (Å²) in [6.07, 6.45) is 0. The van der Waals surface area contributed by atoms with E-state index in [1.165, 1.54) is 0 Å². The number of benzene rings is 3. The van der Waals surface area contributed by atoms with Crippen molar-refractivity contribution in [3.63, 3.8) is 0 Å². The fourth-order valence-electron chi connectivity index (χ4n) is 2.96. The molecule has 0 saturated heterocycles. The van der Waals surface area contributed by atoms with Gasteiger partial charge < -0.3 is 25.4 Å². The molecule has 0 aliphatic carbocycles. The Balaban J connectivity index is 1.60. The van der Waals surface area contributed by atoms with Gasteiger partial charge in [-0.1, -0.05) is 24.3 Å². The summed E-state index contributed by atoms with van der Waals surface area (Å²) < 4.78 is 10.5. The van der Waals surface area contributed by atoms with Crippen LogP contribution in [0, 0.1) is 0 Å². The Morgan fingerprint density at radius 3 is 1.81 bits per heavy atom. The van der Waals surface area contributed by atoms with E-state index < -0.39 is 6.04 Å². The Bertz CT molecular complexity index is 1050. The van der Waals surface area contributed by atoms with E-state index in [1.54, 1.807) is 69.7 Å². The zero-order valence-electron chi connectivity index (χ0n) is 17.6. The van der Waals surface area contributed by atoms with Crippen molar-refractivity contribution in [2.75, 3.05) is 30.2 Å². The molecule has 3 aromatic carbocycles. The van der Waals surface area contributed by atoms with Gasteiger partial charge in [-0.25, -0.2) is 0 Å². The molecule has 0 saturated carbocycles. The molecule has 1 atom stereocenters. The summed E-state index contributed by atoms with van der Waals surface area (Å²) in [6, 6.07) is 20.8. The largest absolute Gasteiger partial charge is 0.495 e. The van der Waals surface area contributed by atoms with Gasteiger partial charge in [0.2, 0.25) is 5.91 Å². The SMILES string of the molecule is COc1ccccc1NC(=O)c1ccc(N[C@H](C)C(=O)Nc2ccccc2OC)cc1. The van der Waals surface area contributed by atoms with E-state index in [0.717, 1.165) is 5.69 Å². The number of hydrogen-bond donors (Lipinski definition) is 3. The van der Waals surface area contributed by atoms with Gasteiger partial charge in [0.15, 0.2) is 0 Å². The first-order valence-electron chi connectivity index (χ1n) is 9.76. The Kier molecular flexibility index (Phi) is 7.11. The number of amides is 2. The molecular formula is C24H25N3O4. The van der Waals surface area contributed by atoms with Crippen LogP contribution in [0.1, 0.15) is 17.3 Å². The van der Waals surface area contributed by atoms with E-state index in [9.17, 15) is 9.59 Å². The standard InChI is InChI=1S/C24H25N3O4/c1-16(23(28)26-19-8-4-6-10-21(19)30-2)25-18-14-12-17(13-15-18)24(29)27-20-9-5-7-11-22(20)31-3/h4-16,25H,1-3H3,(H,26,28)(H,27,29)/t16-/m1/s1. The Morgan fingerprint density at radius 1 is 0.742 bits per heavy atom. The lowest BCUT2D eigenvalue weighted by Gasteiger charge is -2.17. The number of anilines is 3. The van der Waals surface area contributed by atoms with E-state index in [2.05, 4.69) is 16.0 Å². The molecule has 0 bridgehead atoms. The van der Waals surface area contributed by atoms with Gasteiger partial charge in [0.05, 0.1) is 25.6 Å². The third-order valence-corrected chi connectivity index (χ3v) is 4.64. The smallest absolute Gasteiger partial charge is 0.255 e. The molecule has 0 aromatic heterocycles. The van der Waals surface area contributed by atoms with Gasteiger partial charge in [0.25, 0.3) is 5.91 Å². The molecule has 160 valence electrons. The number of hydrogen-bond acceptors (Lipinski definition) is 5. The van der Waals surface area contributed by atoms with Crippen molar-refractivity contribution in [3.05, 3.63) is 78.4 Å². The summed E-state index contributed by atoms with van der Waals surface area (Å²) in [4.78, 5) is 25.0. The van der Waals surface area contributed by atoms with Crippen LogP contribution in [0.25, 0.3) is 0 Å². The van der Waals surface area contributed by atoms with E-state index in [0.29, 0.717) is 28.4 Å². The van der Waals surface area contributed by atoms with Gasteiger partial charge in [-0.3, -0.25) is 9.59 Å². The first kappa shape index (κ1) is 21.7. The van der Waals surface area contributed by atoms with Crippen molar-refractivity contribution in [2.24, 2.45) is 0 Å². The molecular weight excluding hydrogens is 394 g/mol. The molecule has 0 heterocycles. The summed E-state index contributed by atoms with van der Waals surface area (Å²) in [6.45, 7) is 1.76. The van der Waals surface area contributed by atoms with Crippen molar-refractivity contribution < 1.29 is 19.1 Å². The Labute approximate surface area is 181 Å². The fourth-order valence-corrected chi connectivity index (χ4v) is 2.96.